The Bertz CT molecular complexity index is 3140. The molecule has 296 valence electrons. The maximum absolute atomic E-state index is 5.62. The third-order valence-electron chi connectivity index (χ3n) is 12.7. The van der Waals surface area contributed by atoms with Crippen molar-refractivity contribution in [2.45, 2.75) is 31.7 Å². The number of ether oxygens (including phenoxy) is 1. The molecule has 7 aromatic carbocycles. The summed E-state index contributed by atoms with van der Waals surface area (Å²) in [6.45, 7) is 4.73. The van der Waals surface area contributed by atoms with E-state index in [4.69, 9.17) is 4.74 Å². The predicted octanol–water partition coefficient (Wildman–Crippen LogP) is 15.3. The Hall–Kier alpha value is -7.08. The summed E-state index contributed by atoms with van der Waals surface area (Å²) in [5.74, 6) is 0.825. The number of anilines is 5. The Kier molecular flexibility index (Phi) is 9.01. The van der Waals surface area contributed by atoms with E-state index in [1.807, 2.05) is 12.1 Å². The Labute approximate surface area is 361 Å². The smallest absolute Gasteiger partial charge is 0.119 e. The highest BCUT2D eigenvalue weighted by molar-refractivity contribution is 7.12. The van der Waals surface area contributed by atoms with Gasteiger partial charge in [-0.1, -0.05) is 111 Å². The third kappa shape index (κ3) is 6.27. The standard InChI is InChI=1S/C56H45N3OS/c1-56(2)51-21-12-10-19-47(51)48-30-27-43(37-52(48)56)58(41-17-8-5-9-18-41)45-34-39(33-44(36-45)57(40-15-6-4-7-16-40)42-25-28-46(60-3)29-26-42)38-24-31-54-50(35-38)49-20-11-13-22-53(49)59(54)55-23-14-32-61-55/h4-17,19-37,41H,18H2,1-3H3. The van der Waals surface area contributed by atoms with Crippen molar-refractivity contribution in [3.63, 3.8) is 0 Å². The number of thiophene rings is 1. The van der Waals surface area contributed by atoms with Crippen LogP contribution in [-0.2, 0) is 5.41 Å². The highest BCUT2D eigenvalue weighted by atomic mass is 32.1. The van der Waals surface area contributed by atoms with Crippen molar-refractivity contribution in [2.24, 2.45) is 0 Å². The van der Waals surface area contributed by atoms with Gasteiger partial charge < -0.3 is 19.1 Å². The summed E-state index contributed by atoms with van der Waals surface area (Å²) in [7, 11) is 1.72. The van der Waals surface area contributed by atoms with E-state index in [1.54, 1.807) is 18.4 Å². The minimum atomic E-state index is -0.126. The SMILES string of the molecule is COc1ccc(N(c2ccccc2)c2cc(-c3ccc4c(c3)c3ccccc3n4-c3cccs3)cc(N(c3ccc4c(c3)C(C)(C)c3ccccc3-4)C3C=CC=CC3)c2)cc1. The zero-order valence-corrected chi connectivity index (χ0v) is 35.3. The van der Waals surface area contributed by atoms with Crippen molar-refractivity contribution in [2.75, 3.05) is 16.9 Å². The number of allylic oxidation sites excluding steroid dienone is 2. The lowest BCUT2D eigenvalue weighted by molar-refractivity contribution is 0.415. The molecule has 0 saturated carbocycles. The van der Waals surface area contributed by atoms with Gasteiger partial charge in [-0.15, -0.1) is 11.3 Å². The lowest BCUT2D eigenvalue weighted by atomic mass is 9.82. The number of nitrogens with zero attached hydrogens (tertiary/aromatic N) is 3. The fourth-order valence-electron chi connectivity index (χ4n) is 9.71. The predicted molar refractivity (Wildman–Crippen MR) is 258 cm³/mol. The van der Waals surface area contributed by atoms with Gasteiger partial charge in [0.25, 0.3) is 0 Å². The van der Waals surface area contributed by atoms with Gasteiger partial charge in [0.1, 0.15) is 5.75 Å². The fraction of sp³-hybridized carbons (Fsp3) is 0.107. The number of rotatable bonds is 9. The molecule has 2 aliphatic carbocycles. The Balaban J connectivity index is 1.15. The summed E-state index contributed by atoms with van der Waals surface area (Å²) in [5, 5.41) is 5.85. The van der Waals surface area contributed by atoms with Crippen molar-refractivity contribution >= 4 is 61.6 Å². The van der Waals surface area contributed by atoms with Crippen molar-refractivity contribution in [3.8, 4) is 33.0 Å². The first-order chi connectivity index (χ1) is 30.0. The van der Waals surface area contributed by atoms with Gasteiger partial charge in [-0.25, -0.2) is 0 Å². The number of para-hydroxylation sites is 2. The molecule has 0 radical (unpaired) electrons. The number of methoxy groups -OCH3 is 1. The Morgan fingerprint density at radius 3 is 2.11 bits per heavy atom. The molecule has 1 atom stereocenters. The van der Waals surface area contributed by atoms with Crippen molar-refractivity contribution in [1.29, 1.82) is 0 Å². The average molecular weight is 808 g/mol. The molecule has 0 spiro atoms. The van der Waals surface area contributed by atoms with Crippen LogP contribution in [0.3, 0.4) is 0 Å². The normalized spacial score (nSPS) is 14.9. The lowest BCUT2D eigenvalue weighted by Gasteiger charge is -2.35. The lowest BCUT2D eigenvalue weighted by Crippen LogP contribution is -2.30. The zero-order valence-electron chi connectivity index (χ0n) is 34.5. The van der Waals surface area contributed by atoms with Crippen molar-refractivity contribution in [3.05, 3.63) is 211 Å². The summed E-state index contributed by atoms with van der Waals surface area (Å²) >= 11 is 1.77. The van der Waals surface area contributed by atoms with Gasteiger partial charge in [-0.05, 0) is 142 Å². The summed E-state index contributed by atoms with van der Waals surface area (Å²) in [6.07, 6.45) is 9.90. The summed E-state index contributed by atoms with van der Waals surface area (Å²) in [4.78, 5) is 4.93. The van der Waals surface area contributed by atoms with Gasteiger partial charge in [-0.2, -0.15) is 0 Å². The molecule has 11 rings (SSSR count). The summed E-state index contributed by atoms with van der Waals surface area (Å²) in [6, 6.07) is 62.5. The van der Waals surface area contributed by atoms with Crippen LogP contribution in [0.4, 0.5) is 28.4 Å². The van der Waals surface area contributed by atoms with Gasteiger partial charge in [0.05, 0.1) is 29.2 Å². The molecular formula is C56H45N3OS. The number of hydrogen-bond acceptors (Lipinski definition) is 4. The minimum Gasteiger partial charge on any atom is -0.497 e. The van der Waals surface area contributed by atoms with Crippen molar-refractivity contribution < 1.29 is 4.74 Å². The van der Waals surface area contributed by atoms with E-state index in [2.05, 4.69) is 216 Å². The highest BCUT2D eigenvalue weighted by Gasteiger charge is 2.36. The molecule has 0 aliphatic heterocycles. The maximum atomic E-state index is 5.62. The molecule has 0 bridgehead atoms. The van der Waals surface area contributed by atoms with Gasteiger partial charge in [-0.3, -0.25) is 0 Å². The van der Waals surface area contributed by atoms with Crippen LogP contribution in [0.1, 0.15) is 31.4 Å². The average Bonchev–Trinajstić information content (AvgIpc) is 4.01. The Morgan fingerprint density at radius 1 is 0.574 bits per heavy atom. The highest BCUT2D eigenvalue weighted by Crippen LogP contribution is 2.51. The number of fused-ring (bicyclic) bond motifs is 6. The minimum absolute atomic E-state index is 0.107. The molecular weight excluding hydrogens is 763 g/mol. The number of benzene rings is 7. The van der Waals surface area contributed by atoms with E-state index >= 15 is 0 Å². The van der Waals surface area contributed by atoms with Crippen LogP contribution in [0.5, 0.6) is 5.75 Å². The number of aromatic nitrogens is 1. The van der Waals surface area contributed by atoms with E-state index in [0.29, 0.717) is 0 Å². The first-order valence-corrected chi connectivity index (χ1v) is 21.9. The second-order valence-electron chi connectivity index (χ2n) is 16.5. The molecule has 0 N–H and O–H groups in total. The second kappa shape index (κ2) is 14.9. The number of hydrogen-bond donors (Lipinski definition) is 0. The molecule has 1 unspecified atom stereocenters. The van der Waals surface area contributed by atoms with Crippen LogP contribution in [0.15, 0.2) is 200 Å². The van der Waals surface area contributed by atoms with E-state index in [1.165, 1.54) is 54.7 Å². The summed E-state index contributed by atoms with van der Waals surface area (Å²) < 4.78 is 8.03. The van der Waals surface area contributed by atoms with Gasteiger partial charge in [0, 0.05) is 44.6 Å². The van der Waals surface area contributed by atoms with Crippen molar-refractivity contribution in [1.82, 2.24) is 4.57 Å². The first-order valence-electron chi connectivity index (χ1n) is 21.0. The van der Waals surface area contributed by atoms with Crippen LogP contribution in [0, 0.1) is 0 Å². The van der Waals surface area contributed by atoms with Crippen LogP contribution < -0.4 is 14.5 Å². The van der Waals surface area contributed by atoms with Crippen LogP contribution in [0.25, 0.3) is 49.1 Å². The molecule has 4 nitrogen and oxygen atoms in total. The molecule has 0 fully saturated rings. The first kappa shape index (κ1) is 37.0. The molecule has 0 saturated heterocycles. The van der Waals surface area contributed by atoms with Crippen LogP contribution in [-0.4, -0.2) is 17.7 Å². The zero-order chi connectivity index (χ0) is 41.1. The van der Waals surface area contributed by atoms with E-state index in [-0.39, 0.29) is 11.5 Å². The Morgan fingerprint density at radius 2 is 1.31 bits per heavy atom. The molecule has 5 heteroatoms. The van der Waals surface area contributed by atoms with E-state index < -0.39 is 0 Å². The second-order valence-corrected chi connectivity index (χ2v) is 17.5. The van der Waals surface area contributed by atoms with Gasteiger partial charge in [0.2, 0.25) is 0 Å². The van der Waals surface area contributed by atoms with Gasteiger partial charge in [0.15, 0.2) is 0 Å². The van der Waals surface area contributed by atoms with Gasteiger partial charge >= 0.3 is 0 Å². The largest absolute Gasteiger partial charge is 0.497 e. The summed E-state index contributed by atoms with van der Waals surface area (Å²) in [5.41, 5.74) is 15.5. The van der Waals surface area contributed by atoms with E-state index in [9.17, 15) is 0 Å². The molecule has 2 heterocycles. The maximum Gasteiger partial charge on any atom is 0.119 e. The molecule has 2 aromatic heterocycles. The molecule has 61 heavy (non-hydrogen) atoms. The molecule has 9 aromatic rings. The van der Waals surface area contributed by atoms with Crippen LogP contribution in [0.2, 0.25) is 0 Å². The molecule has 0 amide bonds. The monoisotopic (exact) mass is 807 g/mol. The third-order valence-corrected chi connectivity index (χ3v) is 13.5. The quantitative estimate of drug-likeness (QED) is 0.145. The topological polar surface area (TPSA) is 20.6 Å². The van der Waals surface area contributed by atoms with E-state index in [0.717, 1.165) is 46.0 Å². The fourth-order valence-corrected chi connectivity index (χ4v) is 10.5. The van der Waals surface area contributed by atoms with Crippen LogP contribution >= 0.6 is 11.3 Å². The molecule has 2 aliphatic rings.